The topological polar surface area (TPSA) is 66.5 Å². The Morgan fingerprint density at radius 2 is 2.05 bits per heavy atom. The first kappa shape index (κ1) is 14.9. The average Bonchev–Trinajstić information content (AvgIpc) is 3.15. The zero-order valence-electron chi connectivity index (χ0n) is 11.2. The lowest BCUT2D eigenvalue weighted by molar-refractivity contribution is -0.116. The van der Waals surface area contributed by atoms with Crippen molar-refractivity contribution >= 4 is 21.6 Å². The van der Waals surface area contributed by atoms with Crippen molar-refractivity contribution < 1.29 is 17.6 Å². The van der Waals surface area contributed by atoms with Gasteiger partial charge in [-0.05, 0) is 25.0 Å². The quantitative estimate of drug-likeness (QED) is 0.867. The normalized spacial score (nSPS) is 15.3. The van der Waals surface area contributed by atoms with Crippen molar-refractivity contribution in [3.8, 4) is 0 Å². The number of carbonyl (C=O) groups excluding carboxylic acids is 1. The van der Waals surface area contributed by atoms with Crippen LogP contribution < -0.4 is 5.32 Å². The number of rotatable bonds is 6. The first-order valence-corrected chi connectivity index (χ1v) is 8.24. The predicted molar refractivity (Wildman–Crippen MR) is 74.2 cm³/mol. The summed E-state index contributed by atoms with van der Waals surface area (Å²) in [7, 11) is -3.30. The van der Waals surface area contributed by atoms with Gasteiger partial charge in [-0.15, -0.1) is 0 Å². The van der Waals surface area contributed by atoms with Crippen molar-refractivity contribution in [3.05, 3.63) is 30.1 Å². The molecule has 0 heterocycles. The van der Waals surface area contributed by atoms with E-state index in [1.54, 1.807) is 6.07 Å². The molecule has 0 aromatic heterocycles. The van der Waals surface area contributed by atoms with Crippen LogP contribution in [-0.2, 0) is 14.8 Å². The molecule has 0 unspecified atom stereocenters. The summed E-state index contributed by atoms with van der Waals surface area (Å²) < 4.78 is 37.8. The van der Waals surface area contributed by atoms with Crippen molar-refractivity contribution in [2.45, 2.75) is 25.3 Å². The van der Waals surface area contributed by atoms with Crippen LogP contribution in [0.4, 0.5) is 10.1 Å². The number of benzene rings is 1. The van der Waals surface area contributed by atoms with Gasteiger partial charge in [-0.1, -0.05) is 12.1 Å². The molecule has 1 aliphatic carbocycles. The SMILES string of the molecule is CS(=O)(=O)N(CCC(=O)Nc1ccccc1F)C1CC1. The van der Waals surface area contributed by atoms with E-state index >= 15 is 0 Å². The zero-order chi connectivity index (χ0) is 14.8. The van der Waals surface area contributed by atoms with Crippen molar-refractivity contribution in [2.75, 3.05) is 18.1 Å². The number of hydrogen-bond acceptors (Lipinski definition) is 3. The fourth-order valence-electron chi connectivity index (χ4n) is 1.97. The second kappa shape index (κ2) is 5.88. The molecular weight excluding hydrogens is 283 g/mol. The van der Waals surface area contributed by atoms with Gasteiger partial charge in [0.25, 0.3) is 0 Å². The van der Waals surface area contributed by atoms with Crippen LogP contribution in [0.2, 0.25) is 0 Å². The Balaban J connectivity index is 1.90. The van der Waals surface area contributed by atoms with E-state index in [1.807, 2.05) is 0 Å². The van der Waals surface area contributed by atoms with Crippen LogP contribution in [0.3, 0.4) is 0 Å². The van der Waals surface area contributed by atoms with Gasteiger partial charge < -0.3 is 5.32 Å². The van der Waals surface area contributed by atoms with Crippen LogP contribution in [0.25, 0.3) is 0 Å². The Morgan fingerprint density at radius 1 is 1.40 bits per heavy atom. The van der Waals surface area contributed by atoms with Gasteiger partial charge in [0.05, 0.1) is 11.9 Å². The predicted octanol–water partition coefficient (Wildman–Crippen LogP) is 1.58. The van der Waals surface area contributed by atoms with E-state index in [-0.39, 0.29) is 24.7 Å². The first-order valence-electron chi connectivity index (χ1n) is 6.39. The minimum Gasteiger partial charge on any atom is -0.324 e. The van der Waals surface area contributed by atoms with Crippen LogP contribution in [0.1, 0.15) is 19.3 Å². The molecule has 0 aliphatic heterocycles. The molecule has 0 radical (unpaired) electrons. The van der Waals surface area contributed by atoms with E-state index in [4.69, 9.17) is 0 Å². The van der Waals surface area contributed by atoms with Gasteiger partial charge in [0.1, 0.15) is 5.82 Å². The van der Waals surface area contributed by atoms with Gasteiger partial charge in [0, 0.05) is 19.0 Å². The standard InChI is InChI=1S/C13H17FN2O3S/c1-20(18,19)16(10-6-7-10)9-8-13(17)15-12-5-3-2-4-11(12)14/h2-5,10H,6-9H2,1H3,(H,15,17). The molecule has 0 atom stereocenters. The van der Waals surface area contributed by atoms with Gasteiger partial charge >= 0.3 is 0 Å². The molecule has 7 heteroatoms. The lowest BCUT2D eigenvalue weighted by atomic mass is 10.3. The number of nitrogens with zero attached hydrogens (tertiary/aromatic N) is 1. The number of carbonyl (C=O) groups is 1. The Bertz CT molecular complexity index is 599. The smallest absolute Gasteiger partial charge is 0.225 e. The highest BCUT2D eigenvalue weighted by Crippen LogP contribution is 2.28. The Hall–Kier alpha value is -1.47. The van der Waals surface area contributed by atoms with E-state index in [1.165, 1.54) is 22.5 Å². The molecule has 20 heavy (non-hydrogen) atoms. The lowest BCUT2D eigenvalue weighted by Crippen LogP contribution is -2.34. The number of halogens is 1. The molecule has 1 aliphatic rings. The minimum absolute atomic E-state index is 0.0118. The summed E-state index contributed by atoms with van der Waals surface area (Å²) in [6.07, 6.45) is 2.82. The largest absolute Gasteiger partial charge is 0.324 e. The number of hydrogen-bond donors (Lipinski definition) is 1. The number of sulfonamides is 1. The molecule has 0 bridgehead atoms. The maximum Gasteiger partial charge on any atom is 0.225 e. The second-order valence-corrected chi connectivity index (χ2v) is 6.82. The molecule has 1 N–H and O–H groups in total. The third-order valence-electron chi connectivity index (χ3n) is 3.09. The van der Waals surface area contributed by atoms with Crippen LogP contribution in [-0.4, -0.2) is 37.5 Å². The molecule has 1 fully saturated rings. The molecule has 0 spiro atoms. The van der Waals surface area contributed by atoms with E-state index in [0.717, 1.165) is 19.1 Å². The van der Waals surface area contributed by atoms with E-state index in [2.05, 4.69) is 5.32 Å². The molecule has 1 aromatic rings. The highest BCUT2D eigenvalue weighted by molar-refractivity contribution is 7.88. The van der Waals surface area contributed by atoms with Gasteiger partial charge in [-0.25, -0.2) is 12.8 Å². The van der Waals surface area contributed by atoms with Crippen LogP contribution in [0, 0.1) is 5.82 Å². The van der Waals surface area contributed by atoms with E-state index in [9.17, 15) is 17.6 Å². The Morgan fingerprint density at radius 3 is 2.60 bits per heavy atom. The van der Waals surface area contributed by atoms with E-state index < -0.39 is 21.7 Å². The van der Waals surface area contributed by atoms with Gasteiger partial charge in [0.15, 0.2) is 0 Å². The van der Waals surface area contributed by atoms with Gasteiger partial charge in [0.2, 0.25) is 15.9 Å². The maximum absolute atomic E-state index is 13.4. The second-order valence-electron chi connectivity index (χ2n) is 4.88. The summed E-state index contributed by atoms with van der Waals surface area (Å²) in [5.74, 6) is -0.910. The van der Waals surface area contributed by atoms with Crippen molar-refractivity contribution in [1.82, 2.24) is 4.31 Å². The van der Waals surface area contributed by atoms with Crippen LogP contribution >= 0.6 is 0 Å². The molecule has 5 nitrogen and oxygen atoms in total. The summed E-state index contributed by atoms with van der Waals surface area (Å²) in [5.41, 5.74) is 0.106. The maximum atomic E-state index is 13.4. The first-order chi connectivity index (χ1) is 9.38. The molecule has 110 valence electrons. The molecule has 0 saturated heterocycles. The summed E-state index contributed by atoms with van der Waals surface area (Å²) in [6.45, 7) is 0.129. The summed E-state index contributed by atoms with van der Waals surface area (Å²) in [6, 6.07) is 5.88. The van der Waals surface area contributed by atoms with Crippen molar-refractivity contribution in [2.24, 2.45) is 0 Å². The summed E-state index contributed by atoms with van der Waals surface area (Å²) in [4.78, 5) is 11.7. The summed E-state index contributed by atoms with van der Waals surface area (Å²) >= 11 is 0. The third-order valence-corrected chi connectivity index (χ3v) is 4.42. The van der Waals surface area contributed by atoms with Gasteiger partial charge in [-0.2, -0.15) is 4.31 Å². The number of amides is 1. The fourth-order valence-corrected chi connectivity index (χ4v) is 3.14. The minimum atomic E-state index is -3.30. The highest BCUT2D eigenvalue weighted by atomic mass is 32.2. The summed E-state index contributed by atoms with van der Waals surface area (Å²) in [5, 5.41) is 2.44. The number of anilines is 1. The third kappa shape index (κ3) is 4.01. The Kier molecular flexibility index (Phi) is 4.39. The molecule has 1 amide bonds. The highest BCUT2D eigenvalue weighted by Gasteiger charge is 2.34. The molecule has 1 aromatic carbocycles. The molecule has 1 saturated carbocycles. The fraction of sp³-hybridized carbons (Fsp3) is 0.462. The number of nitrogens with one attached hydrogen (secondary N) is 1. The lowest BCUT2D eigenvalue weighted by Gasteiger charge is -2.18. The molecular formula is C13H17FN2O3S. The van der Waals surface area contributed by atoms with Gasteiger partial charge in [-0.3, -0.25) is 4.79 Å². The van der Waals surface area contributed by atoms with E-state index in [0.29, 0.717) is 0 Å². The Labute approximate surface area is 117 Å². The van der Waals surface area contributed by atoms with Crippen LogP contribution in [0.15, 0.2) is 24.3 Å². The molecule has 2 rings (SSSR count). The monoisotopic (exact) mass is 300 g/mol. The van der Waals surface area contributed by atoms with Crippen LogP contribution in [0.5, 0.6) is 0 Å². The number of para-hydroxylation sites is 1. The zero-order valence-corrected chi connectivity index (χ0v) is 12.0. The van der Waals surface area contributed by atoms with Crippen molar-refractivity contribution in [3.63, 3.8) is 0 Å². The average molecular weight is 300 g/mol. The van der Waals surface area contributed by atoms with Crippen molar-refractivity contribution in [1.29, 1.82) is 0 Å².